The fraction of sp³-hybridized carbons (Fsp3) is 0.321. The van der Waals surface area contributed by atoms with Crippen molar-refractivity contribution in [3.63, 3.8) is 0 Å². The van der Waals surface area contributed by atoms with E-state index in [1.807, 2.05) is 18.5 Å². The first kappa shape index (κ1) is 26.1. The van der Waals surface area contributed by atoms with Crippen LogP contribution in [0.2, 0.25) is 0 Å². The number of thiophene rings is 1. The number of thioether (sulfide) groups is 1. The van der Waals surface area contributed by atoms with Crippen LogP contribution < -0.4 is 4.90 Å². The number of likely N-dealkylation sites (N-methyl/N-ethyl adjacent to an activating group) is 1. The second-order valence-corrected chi connectivity index (χ2v) is 10.5. The van der Waals surface area contributed by atoms with Gasteiger partial charge in [-0.2, -0.15) is 0 Å². The molecule has 1 amide bonds. The number of ether oxygens (including phenoxy) is 1. The van der Waals surface area contributed by atoms with Crippen molar-refractivity contribution in [1.82, 2.24) is 14.9 Å². The molecule has 0 spiro atoms. The Hall–Kier alpha value is -2.94. The van der Waals surface area contributed by atoms with Gasteiger partial charge in [-0.05, 0) is 59.9 Å². The van der Waals surface area contributed by atoms with Crippen LogP contribution in [0.25, 0.3) is 5.57 Å². The maximum atomic E-state index is 11.9. The maximum absolute atomic E-state index is 11.9. The number of nitrogens with zero attached hydrogens (tertiary/aromatic N) is 4. The summed E-state index contributed by atoms with van der Waals surface area (Å²) in [6, 6.07) is 12.6. The van der Waals surface area contributed by atoms with Crippen LogP contribution in [0.1, 0.15) is 40.6 Å². The van der Waals surface area contributed by atoms with Crippen LogP contribution in [0.5, 0.6) is 0 Å². The molecule has 0 fully saturated rings. The summed E-state index contributed by atoms with van der Waals surface area (Å²) in [5.74, 6) is -0.0793. The molecule has 3 heterocycles. The molecule has 8 heteroatoms. The highest BCUT2D eigenvalue weighted by atomic mass is 32.2. The quantitative estimate of drug-likeness (QED) is 0.186. The second-order valence-electron chi connectivity index (χ2n) is 8.74. The molecular weight excluding hydrogens is 488 g/mol. The van der Waals surface area contributed by atoms with Gasteiger partial charge in [0, 0.05) is 49.0 Å². The Labute approximate surface area is 221 Å². The minimum absolute atomic E-state index is 0.0788. The van der Waals surface area contributed by atoms with Crippen molar-refractivity contribution >= 4 is 40.3 Å². The highest BCUT2D eigenvalue weighted by Gasteiger charge is 2.20. The molecule has 4 rings (SSSR count). The molecule has 1 aliphatic heterocycles. The first-order chi connectivity index (χ1) is 17.5. The highest BCUT2D eigenvalue weighted by Crippen LogP contribution is 2.31. The minimum atomic E-state index is -0.0793. The standard InChI is InChI=1S/C28H32N4O2S2/c1-5-26(33)31(3)13-12-24(25-10-7-15-36-25)34-19-21-8-6-9-23(16-21)32-14-11-20(2)27-22(18-32)17-29-28(30-27)35-4/h5-10,15-17,24H,1-2,11-14,18-19H2,3-4H3/t24-/m1/s1. The van der Waals surface area contributed by atoms with E-state index in [1.54, 1.807) is 35.0 Å². The number of carbonyl (C=O) groups excluding carboxylic acids is 1. The number of anilines is 1. The summed E-state index contributed by atoms with van der Waals surface area (Å²) in [6.45, 7) is 10.6. The predicted octanol–water partition coefficient (Wildman–Crippen LogP) is 5.98. The van der Waals surface area contributed by atoms with Crippen molar-refractivity contribution in [2.45, 2.75) is 37.3 Å². The smallest absolute Gasteiger partial charge is 0.245 e. The van der Waals surface area contributed by atoms with Crippen LogP contribution in [0.4, 0.5) is 5.69 Å². The molecule has 1 aromatic carbocycles. The molecule has 0 saturated heterocycles. The van der Waals surface area contributed by atoms with Crippen LogP contribution in [-0.4, -0.2) is 47.2 Å². The molecule has 0 unspecified atom stereocenters. The van der Waals surface area contributed by atoms with E-state index in [-0.39, 0.29) is 12.0 Å². The normalized spacial score (nSPS) is 14.2. The van der Waals surface area contributed by atoms with Crippen molar-refractivity contribution in [1.29, 1.82) is 0 Å². The molecule has 1 atom stereocenters. The first-order valence-electron chi connectivity index (χ1n) is 11.9. The summed E-state index contributed by atoms with van der Waals surface area (Å²) < 4.78 is 6.39. The number of aromatic nitrogens is 2. The van der Waals surface area contributed by atoms with Crippen LogP contribution in [0.15, 0.2) is 72.4 Å². The maximum Gasteiger partial charge on any atom is 0.245 e. The lowest BCUT2D eigenvalue weighted by Crippen LogP contribution is -2.27. The SMILES string of the molecule is C=CC(=O)N(C)CC[C@@H](OCc1cccc(N2CCC(=C)c3nc(SC)ncc3C2)c1)c1cccs1. The predicted molar refractivity (Wildman–Crippen MR) is 149 cm³/mol. The number of rotatable bonds is 10. The molecule has 0 aliphatic carbocycles. The first-order valence-corrected chi connectivity index (χ1v) is 14.0. The summed E-state index contributed by atoms with van der Waals surface area (Å²) in [5.41, 5.74) is 5.41. The van der Waals surface area contributed by atoms with E-state index >= 15 is 0 Å². The summed E-state index contributed by atoms with van der Waals surface area (Å²) in [5, 5.41) is 2.84. The van der Waals surface area contributed by atoms with E-state index in [4.69, 9.17) is 9.72 Å². The molecule has 1 aliphatic rings. The van der Waals surface area contributed by atoms with Crippen LogP contribution in [0.3, 0.4) is 0 Å². The van der Waals surface area contributed by atoms with Gasteiger partial charge in [-0.15, -0.1) is 11.3 Å². The molecule has 188 valence electrons. The van der Waals surface area contributed by atoms with Crippen molar-refractivity contribution in [2.24, 2.45) is 0 Å². The van der Waals surface area contributed by atoms with E-state index in [0.717, 1.165) is 64.0 Å². The van der Waals surface area contributed by atoms with Gasteiger partial charge < -0.3 is 14.5 Å². The summed E-state index contributed by atoms with van der Waals surface area (Å²) in [7, 11) is 1.79. The molecule has 2 aromatic heterocycles. The summed E-state index contributed by atoms with van der Waals surface area (Å²) >= 11 is 3.23. The lowest BCUT2D eigenvalue weighted by molar-refractivity contribution is -0.125. The number of carbonyl (C=O) groups is 1. The Bertz CT molecular complexity index is 1210. The van der Waals surface area contributed by atoms with Crippen LogP contribution >= 0.6 is 23.1 Å². The van der Waals surface area contributed by atoms with Crippen molar-refractivity contribution < 1.29 is 9.53 Å². The minimum Gasteiger partial charge on any atom is -0.368 e. The summed E-state index contributed by atoms with van der Waals surface area (Å²) in [6.07, 6.45) is 6.77. The fourth-order valence-electron chi connectivity index (χ4n) is 4.20. The number of fused-ring (bicyclic) bond motifs is 1. The van der Waals surface area contributed by atoms with E-state index in [2.05, 4.69) is 58.8 Å². The van der Waals surface area contributed by atoms with Gasteiger partial charge in [0.1, 0.15) is 0 Å². The highest BCUT2D eigenvalue weighted by molar-refractivity contribution is 7.98. The number of hydrogen-bond acceptors (Lipinski definition) is 7. The monoisotopic (exact) mass is 520 g/mol. The Kier molecular flexibility index (Phi) is 8.96. The van der Waals surface area contributed by atoms with E-state index < -0.39 is 0 Å². The van der Waals surface area contributed by atoms with E-state index in [0.29, 0.717) is 13.2 Å². The zero-order valence-electron chi connectivity index (χ0n) is 20.9. The van der Waals surface area contributed by atoms with Gasteiger partial charge in [-0.3, -0.25) is 4.79 Å². The lowest BCUT2D eigenvalue weighted by atomic mass is 10.1. The third-order valence-electron chi connectivity index (χ3n) is 6.27. The molecule has 6 nitrogen and oxygen atoms in total. The van der Waals surface area contributed by atoms with Gasteiger partial charge in [0.05, 0.1) is 18.4 Å². The third-order valence-corrected chi connectivity index (χ3v) is 7.80. The zero-order valence-corrected chi connectivity index (χ0v) is 22.5. The fourth-order valence-corrected chi connectivity index (χ4v) is 5.35. The van der Waals surface area contributed by atoms with E-state index in [1.165, 1.54) is 6.08 Å². The van der Waals surface area contributed by atoms with Crippen molar-refractivity contribution in [2.75, 3.05) is 31.3 Å². The van der Waals surface area contributed by atoms with Gasteiger partial charge in [-0.1, -0.05) is 43.1 Å². The van der Waals surface area contributed by atoms with Crippen molar-refractivity contribution in [3.8, 4) is 0 Å². The van der Waals surface area contributed by atoms with Gasteiger partial charge >= 0.3 is 0 Å². The van der Waals surface area contributed by atoms with Gasteiger partial charge in [0.25, 0.3) is 0 Å². The average molecular weight is 521 g/mol. The number of benzene rings is 1. The summed E-state index contributed by atoms with van der Waals surface area (Å²) in [4.78, 5) is 26.3. The molecule has 0 radical (unpaired) electrons. The lowest BCUT2D eigenvalue weighted by Gasteiger charge is -2.24. The Morgan fingerprint density at radius 1 is 1.36 bits per heavy atom. The van der Waals surface area contributed by atoms with Crippen LogP contribution in [-0.2, 0) is 22.7 Å². The Morgan fingerprint density at radius 3 is 2.97 bits per heavy atom. The van der Waals surface area contributed by atoms with Crippen LogP contribution in [0, 0.1) is 0 Å². The van der Waals surface area contributed by atoms with Gasteiger partial charge in [-0.25, -0.2) is 9.97 Å². The number of hydrogen-bond donors (Lipinski definition) is 0. The van der Waals surface area contributed by atoms with Gasteiger partial charge in [0.15, 0.2) is 5.16 Å². The Balaban J connectivity index is 1.45. The number of amides is 1. The molecule has 0 saturated carbocycles. The van der Waals surface area contributed by atoms with E-state index in [9.17, 15) is 4.79 Å². The zero-order chi connectivity index (χ0) is 25.5. The van der Waals surface area contributed by atoms with Gasteiger partial charge in [0.2, 0.25) is 5.91 Å². The molecule has 3 aromatic rings. The second kappa shape index (κ2) is 12.3. The molecule has 0 N–H and O–H groups in total. The van der Waals surface area contributed by atoms with Crippen molar-refractivity contribution in [3.05, 3.63) is 88.9 Å². The third kappa shape index (κ3) is 6.43. The molecule has 0 bridgehead atoms. The molecular formula is C28H32N4O2S2. The average Bonchev–Trinajstić information content (AvgIpc) is 3.39. The largest absolute Gasteiger partial charge is 0.368 e. The molecule has 36 heavy (non-hydrogen) atoms. The topological polar surface area (TPSA) is 58.6 Å². The Morgan fingerprint density at radius 2 is 2.22 bits per heavy atom.